The number of fused-ring (bicyclic) bond motifs is 15. The number of nitrogens with one attached hydrogen (secondary N) is 3. The highest BCUT2D eigenvalue weighted by molar-refractivity contribution is 7.26. The molecular weight excluding hydrogens is 1330 g/mol. The summed E-state index contributed by atoms with van der Waals surface area (Å²) in [6, 6.07) is 116. The van der Waals surface area contributed by atoms with Crippen LogP contribution in [0.15, 0.2) is 332 Å². The molecule has 0 aliphatic carbocycles. The summed E-state index contributed by atoms with van der Waals surface area (Å²) in [4.78, 5) is 15.4. The van der Waals surface area contributed by atoms with Crippen molar-refractivity contribution in [2.45, 2.75) is 18.7 Å². The largest absolute Gasteiger partial charge is 0.464 e. The van der Waals surface area contributed by atoms with Crippen LogP contribution in [0.2, 0.25) is 0 Å². The van der Waals surface area contributed by atoms with Crippen molar-refractivity contribution in [3.05, 3.63) is 344 Å². The van der Waals surface area contributed by atoms with Crippen molar-refractivity contribution in [1.82, 2.24) is 15.0 Å². The molecule has 6 heterocycles. The van der Waals surface area contributed by atoms with Gasteiger partial charge in [0.05, 0.1) is 17.1 Å². The number of aromatic nitrogens is 3. The molecule has 3 atom stereocenters. The van der Waals surface area contributed by atoms with Gasteiger partial charge in [0.1, 0.15) is 28.4 Å². The highest BCUT2D eigenvalue weighted by Crippen LogP contribution is 2.52. The van der Waals surface area contributed by atoms with Crippen LogP contribution >= 0.6 is 11.3 Å². The van der Waals surface area contributed by atoms with Gasteiger partial charge in [-0.15, -0.1) is 11.3 Å². The molecule has 3 aromatic heterocycles. The van der Waals surface area contributed by atoms with Crippen molar-refractivity contribution in [2.75, 3.05) is 16.0 Å². The van der Waals surface area contributed by atoms with Gasteiger partial charge in [0.2, 0.25) is 0 Å². The molecule has 0 radical (unpaired) electrons. The minimum atomic E-state index is -0.486. The van der Waals surface area contributed by atoms with E-state index in [0.29, 0.717) is 17.5 Å². The minimum absolute atomic E-state index is 0.326. The summed E-state index contributed by atoms with van der Waals surface area (Å²) in [7, 11) is 0. The van der Waals surface area contributed by atoms with Gasteiger partial charge in [-0.05, 0) is 145 Å². The first-order valence-electron chi connectivity index (χ1n) is 36.1. The molecule has 22 rings (SSSR count). The second kappa shape index (κ2) is 24.4. The highest BCUT2D eigenvalue weighted by atomic mass is 32.1. The average Bonchev–Trinajstić information content (AvgIpc) is 1.72. The molecule has 0 amide bonds. The molecule has 16 aromatic carbocycles. The lowest BCUT2D eigenvalue weighted by Gasteiger charge is -2.17. The fourth-order valence-electron chi connectivity index (χ4n) is 16.2. The van der Waals surface area contributed by atoms with Gasteiger partial charge < -0.3 is 34.6 Å². The third kappa shape index (κ3) is 10.3. The molecule has 10 nitrogen and oxygen atoms in total. The van der Waals surface area contributed by atoms with Gasteiger partial charge in [-0.1, -0.05) is 249 Å². The van der Waals surface area contributed by atoms with Crippen LogP contribution in [0.4, 0.5) is 17.1 Å². The molecule has 3 aliphatic rings. The van der Waals surface area contributed by atoms with E-state index < -0.39 is 12.5 Å². The highest BCUT2D eigenvalue weighted by Gasteiger charge is 2.32. The third-order valence-corrected chi connectivity index (χ3v) is 22.7. The standard InChI is InChI=1S/C96H60N6O4S/c1-4-17-55(18-5-1)56-33-38-60(39-34-56)92-100-91(59-19-6-2-7-20-59)101-93(102-92)64-42-37-58-43-46-82-86(78(58)50-64)97-96(106-82)65-24-14-23-63(49-65)77-52-67(69-28-16-30-75-73-26-11-13-32-85(73)107-90(69)75)54-80-71(77)45-48-84-88(80)99-95(105-84)62-40-35-57(36-41-62)76-51-66(68-27-15-29-74-72-25-10-12-31-81(72)103-89(68)74)53-79-70(76)44-47-83-87(79)98-94(104-83)61-21-8-3-9-22-61/h1-54,94-99H. The topological polar surface area (TPSA) is 116 Å². The molecule has 11 heteroatoms. The van der Waals surface area contributed by atoms with Crippen molar-refractivity contribution in [1.29, 1.82) is 0 Å². The molecule has 107 heavy (non-hydrogen) atoms. The number of furan rings is 1. The van der Waals surface area contributed by atoms with Crippen LogP contribution in [0.5, 0.6) is 17.2 Å². The second-order valence-corrected chi connectivity index (χ2v) is 28.8. The van der Waals surface area contributed by atoms with Gasteiger partial charge >= 0.3 is 0 Å². The van der Waals surface area contributed by atoms with Crippen LogP contribution in [0.25, 0.3) is 164 Å². The summed E-state index contributed by atoms with van der Waals surface area (Å²) in [5.74, 6) is 4.15. The van der Waals surface area contributed by atoms with Crippen molar-refractivity contribution < 1.29 is 18.6 Å². The van der Waals surface area contributed by atoms with E-state index in [4.69, 9.17) is 33.6 Å². The van der Waals surface area contributed by atoms with Crippen LogP contribution < -0.4 is 30.2 Å². The summed E-state index contributed by atoms with van der Waals surface area (Å²) in [5, 5.41) is 22.6. The molecule has 0 saturated heterocycles. The Balaban J connectivity index is 0.611. The van der Waals surface area contributed by atoms with Crippen molar-refractivity contribution in [3.8, 4) is 107 Å². The summed E-state index contributed by atoms with van der Waals surface area (Å²) < 4.78 is 29.8. The lowest BCUT2D eigenvalue weighted by atomic mass is 9.91. The van der Waals surface area contributed by atoms with E-state index in [1.165, 1.54) is 25.7 Å². The van der Waals surface area contributed by atoms with Gasteiger partial charge in [-0.25, -0.2) is 15.0 Å². The monoisotopic (exact) mass is 1390 g/mol. The summed E-state index contributed by atoms with van der Waals surface area (Å²) in [6.07, 6.45) is -1.28. The number of rotatable bonds is 11. The predicted octanol–water partition coefficient (Wildman–Crippen LogP) is 25.4. The Kier molecular flexibility index (Phi) is 13.8. The molecule has 504 valence electrons. The Bertz CT molecular complexity index is 6840. The average molecular weight is 1390 g/mol. The van der Waals surface area contributed by atoms with Gasteiger partial charge in [-0.3, -0.25) is 0 Å². The van der Waals surface area contributed by atoms with Crippen molar-refractivity contribution >= 4 is 103 Å². The van der Waals surface area contributed by atoms with E-state index in [1.807, 2.05) is 65.9 Å². The maximum atomic E-state index is 7.03. The van der Waals surface area contributed by atoms with E-state index in [1.54, 1.807) is 0 Å². The SMILES string of the molecule is c1ccc(-c2ccc(-c3nc(-c4ccccc4)nc(-c4ccc5ccc6c(c5c4)NC(c4cccc(-c5cc(-c7cccc8c7sc7ccccc78)cc7c8c(ccc57)OC(c5ccc(-c7cc(-c9cccc%10c9oc9ccccc9%10)cc9c%10c(ccc79)OC(c7ccccc7)N%10)cc5)N8)c4)O6)n3)cc2)cc1. The van der Waals surface area contributed by atoms with E-state index >= 15 is 0 Å². The van der Waals surface area contributed by atoms with E-state index in [-0.39, 0.29) is 6.23 Å². The Morgan fingerprint density at radius 3 is 1.42 bits per heavy atom. The molecule has 0 bridgehead atoms. The molecule has 3 aliphatic heterocycles. The zero-order valence-electron chi connectivity index (χ0n) is 57.3. The van der Waals surface area contributed by atoms with E-state index in [2.05, 4.69) is 289 Å². The Labute approximate surface area is 618 Å². The number of hydrogen-bond acceptors (Lipinski definition) is 11. The first-order chi connectivity index (χ1) is 52.9. The first-order valence-corrected chi connectivity index (χ1v) is 36.9. The van der Waals surface area contributed by atoms with Crippen LogP contribution in [0.3, 0.4) is 0 Å². The normalized spacial score (nSPS) is 14.9. The smallest absolute Gasteiger partial charge is 0.196 e. The maximum Gasteiger partial charge on any atom is 0.196 e. The maximum absolute atomic E-state index is 7.03. The Morgan fingerprint density at radius 2 is 0.720 bits per heavy atom. The van der Waals surface area contributed by atoms with Crippen LogP contribution in [0.1, 0.15) is 35.4 Å². The number of nitrogens with zero attached hydrogens (tertiary/aromatic N) is 3. The fourth-order valence-corrected chi connectivity index (χ4v) is 17.4. The van der Waals surface area contributed by atoms with Crippen LogP contribution in [0, 0.1) is 0 Å². The Hall–Kier alpha value is -13.9. The quantitative estimate of drug-likeness (QED) is 0.116. The van der Waals surface area contributed by atoms with Crippen molar-refractivity contribution in [3.63, 3.8) is 0 Å². The lowest BCUT2D eigenvalue weighted by Crippen LogP contribution is -2.10. The summed E-state index contributed by atoms with van der Waals surface area (Å²) in [5.41, 5.74) is 21.2. The predicted molar refractivity (Wildman–Crippen MR) is 436 cm³/mol. The lowest BCUT2D eigenvalue weighted by molar-refractivity contribution is 0.259. The Morgan fingerprint density at radius 1 is 0.262 bits per heavy atom. The number of ether oxygens (including phenoxy) is 3. The summed E-state index contributed by atoms with van der Waals surface area (Å²) in [6.45, 7) is 0. The van der Waals surface area contributed by atoms with Gasteiger partial charge in [0.25, 0.3) is 0 Å². The number of para-hydroxylation sites is 2. The van der Waals surface area contributed by atoms with Crippen LogP contribution in [-0.4, -0.2) is 15.0 Å². The van der Waals surface area contributed by atoms with E-state index in [0.717, 1.165) is 172 Å². The second-order valence-electron chi connectivity index (χ2n) is 27.8. The fraction of sp³-hybridized carbons (Fsp3) is 0.0312. The van der Waals surface area contributed by atoms with Gasteiger partial charge in [0.15, 0.2) is 36.2 Å². The number of hydrogen-bond donors (Lipinski definition) is 3. The number of thiophene rings is 1. The zero-order chi connectivity index (χ0) is 70.2. The number of benzene rings is 16. The minimum Gasteiger partial charge on any atom is -0.464 e. The first kappa shape index (κ1) is 60.7. The molecule has 3 unspecified atom stereocenters. The molecule has 19 aromatic rings. The zero-order valence-corrected chi connectivity index (χ0v) is 58.1. The molecule has 0 spiro atoms. The summed E-state index contributed by atoms with van der Waals surface area (Å²) >= 11 is 1.84. The van der Waals surface area contributed by atoms with Crippen molar-refractivity contribution in [2.24, 2.45) is 0 Å². The molecule has 0 saturated carbocycles. The van der Waals surface area contributed by atoms with E-state index in [9.17, 15) is 0 Å². The number of anilines is 3. The van der Waals surface area contributed by atoms with Gasteiger partial charge in [-0.2, -0.15) is 0 Å². The molecular formula is C96H60N6O4S. The molecule has 0 fully saturated rings. The van der Waals surface area contributed by atoms with Gasteiger partial charge in [0, 0.05) is 86.0 Å². The third-order valence-electron chi connectivity index (χ3n) is 21.5. The molecule has 3 N–H and O–H groups in total. The van der Waals surface area contributed by atoms with Crippen LogP contribution in [-0.2, 0) is 0 Å².